The van der Waals surface area contributed by atoms with Crippen molar-refractivity contribution >= 4 is 5.95 Å². The number of nitrogens with one attached hydrogen (secondary N) is 1. The number of nitrogens with zero attached hydrogens (tertiary/aromatic N) is 2. The summed E-state index contributed by atoms with van der Waals surface area (Å²) in [6.45, 7) is 10.3. The molecule has 4 nitrogen and oxygen atoms in total. The lowest BCUT2D eigenvalue weighted by Gasteiger charge is -2.18. The largest absolute Gasteiger partial charge is 0.383 e. The molecular weight excluding hydrogens is 214 g/mol. The highest BCUT2D eigenvalue weighted by molar-refractivity contribution is 5.29. The van der Waals surface area contributed by atoms with E-state index >= 15 is 0 Å². The van der Waals surface area contributed by atoms with E-state index in [9.17, 15) is 0 Å². The van der Waals surface area contributed by atoms with E-state index in [4.69, 9.17) is 4.74 Å². The molecule has 1 unspecified atom stereocenters. The Hall–Kier alpha value is -1.03. The highest BCUT2D eigenvalue weighted by Gasteiger charge is 2.12. The molecule has 0 amide bonds. The first kappa shape index (κ1) is 14.0. The zero-order valence-corrected chi connectivity index (χ0v) is 11.7. The second kappa shape index (κ2) is 6.64. The Bertz CT molecular complexity index is 333. The summed E-state index contributed by atoms with van der Waals surface area (Å²) in [6, 6.07) is 0.473. The van der Waals surface area contributed by atoms with Gasteiger partial charge in [0.1, 0.15) is 0 Å². The molecule has 0 aliphatic carbocycles. The predicted octanol–water partition coefficient (Wildman–Crippen LogP) is 2.86. The van der Waals surface area contributed by atoms with Gasteiger partial charge in [0.2, 0.25) is 5.95 Å². The lowest BCUT2D eigenvalue weighted by atomic mass is 10.1. The predicted molar refractivity (Wildman–Crippen MR) is 71.5 cm³/mol. The van der Waals surface area contributed by atoms with E-state index in [0.29, 0.717) is 18.6 Å². The number of ether oxygens (including phenoxy) is 1. The van der Waals surface area contributed by atoms with Crippen LogP contribution in [0.4, 0.5) is 5.95 Å². The lowest BCUT2D eigenvalue weighted by molar-refractivity contribution is 0.210. The Morgan fingerprint density at radius 1 is 1.41 bits per heavy atom. The van der Waals surface area contributed by atoms with E-state index in [1.165, 1.54) is 0 Å². The number of anilines is 1. The maximum Gasteiger partial charge on any atom is 0.203 e. The number of hydrogen-bond donors (Lipinski definition) is 1. The Labute approximate surface area is 104 Å². The summed E-state index contributed by atoms with van der Waals surface area (Å²) < 4.78 is 7.26. The fraction of sp³-hybridized carbons (Fsp3) is 0.769. The Morgan fingerprint density at radius 3 is 2.71 bits per heavy atom. The fourth-order valence-corrected chi connectivity index (χ4v) is 2.04. The monoisotopic (exact) mass is 239 g/mol. The molecule has 17 heavy (non-hydrogen) atoms. The first-order chi connectivity index (χ1) is 8.04. The molecule has 0 aliphatic rings. The molecule has 0 radical (unpaired) electrons. The molecule has 98 valence electrons. The quantitative estimate of drug-likeness (QED) is 0.744. The molecule has 0 saturated heterocycles. The van der Waals surface area contributed by atoms with Crippen LogP contribution in [-0.2, 0) is 4.74 Å². The van der Waals surface area contributed by atoms with Crippen molar-refractivity contribution in [1.29, 1.82) is 0 Å². The lowest BCUT2D eigenvalue weighted by Crippen LogP contribution is -2.15. The van der Waals surface area contributed by atoms with Gasteiger partial charge in [0.25, 0.3) is 0 Å². The van der Waals surface area contributed by atoms with Crippen LogP contribution in [-0.4, -0.2) is 29.8 Å². The number of imidazole rings is 1. The van der Waals surface area contributed by atoms with Crippen molar-refractivity contribution in [2.24, 2.45) is 5.92 Å². The smallest absolute Gasteiger partial charge is 0.203 e. The normalized spacial score (nSPS) is 13.1. The van der Waals surface area contributed by atoms with Gasteiger partial charge in [0, 0.05) is 25.9 Å². The molecule has 1 N–H and O–H groups in total. The van der Waals surface area contributed by atoms with Gasteiger partial charge in [0.15, 0.2) is 0 Å². The third-order valence-corrected chi connectivity index (χ3v) is 2.73. The second-order valence-electron chi connectivity index (χ2n) is 5.01. The summed E-state index contributed by atoms with van der Waals surface area (Å²) in [6.07, 6.45) is 3.27. The van der Waals surface area contributed by atoms with Crippen molar-refractivity contribution in [3.05, 3.63) is 11.9 Å². The van der Waals surface area contributed by atoms with Crippen molar-refractivity contribution in [1.82, 2.24) is 9.55 Å². The molecular formula is C13H25N3O. The number of aromatic nitrogens is 2. The van der Waals surface area contributed by atoms with Crippen LogP contribution in [0.3, 0.4) is 0 Å². The molecule has 1 aromatic heterocycles. The number of rotatable bonds is 7. The van der Waals surface area contributed by atoms with E-state index in [1.54, 1.807) is 7.11 Å². The van der Waals surface area contributed by atoms with Crippen LogP contribution in [0.25, 0.3) is 0 Å². The SMILES string of the molecule is COCCNc1nc(C)cn1C(C)CC(C)C. The van der Waals surface area contributed by atoms with Gasteiger partial charge in [-0.05, 0) is 26.2 Å². The molecule has 0 bridgehead atoms. The molecule has 1 aromatic rings. The zero-order chi connectivity index (χ0) is 12.8. The van der Waals surface area contributed by atoms with Crippen molar-refractivity contribution in [2.75, 3.05) is 25.6 Å². The van der Waals surface area contributed by atoms with Crippen LogP contribution in [0.15, 0.2) is 6.20 Å². The maximum atomic E-state index is 5.04. The van der Waals surface area contributed by atoms with Crippen molar-refractivity contribution < 1.29 is 4.74 Å². The highest BCUT2D eigenvalue weighted by Crippen LogP contribution is 2.21. The van der Waals surface area contributed by atoms with Crippen molar-refractivity contribution in [3.63, 3.8) is 0 Å². The molecule has 1 rings (SSSR count). The maximum absolute atomic E-state index is 5.04. The first-order valence-corrected chi connectivity index (χ1v) is 6.32. The minimum absolute atomic E-state index is 0.473. The molecule has 1 atom stereocenters. The average molecular weight is 239 g/mol. The highest BCUT2D eigenvalue weighted by atomic mass is 16.5. The first-order valence-electron chi connectivity index (χ1n) is 6.32. The van der Waals surface area contributed by atoms with E-state index < -0.39 is 0 Å². The minimum atomic E-state index is 0.473. The fourth-order valence-electron chi connectivity index (χ4n) is 2.04. The van der Waals surface area contributed by atoms with Gasteiger partial charge >= 0.3 is 0 Å². The summed E-state index contributed by atoms with van der Waals surface area (Å²) in [5, 5.41) is 3.32. The van der Waals surface area contributed by atoms with Crippen molar-refractivity contribution in [3.8, 4) is 0 Å². The van der Waals surface area contributed by atoms with Crippen LogP contribution in [0.2, 0.25) is 0 Å². The van der Waals surface area contributed by atoms with Crippen LogP contribution in [0.5, 0.6) is 0 Å². The van der Waals surface area contributed by atoms with E-state index in [2.05, 4.69) is 41.8 Å². The van der Waals surface area contributed by atoms with Crippen LogP contribution in [0, 0.1) is 12.8 Å². The summed E-state index contributed by atoms with van der Waals surface area (Å²) in [7, 11) is 1.71. The van der Waals surface area contributed by atoms with Gasteiger partial charge in [-0.1, -0.05) is 13.8 Å². The Balaban J connectivity index is 2.69. The van der Waals surface area contributed by atoms with Gasteiger partial charge in [-0.25, -0.2) is 4.98 Å². The standard InChI is InChI=1S/C13H25N3O/c1-10(2)8-12(4)16-9-11(3)15-13(16)14-6-7-17-5/h9-10,12H,6-8H2,1-5H3,(H,14,15). The molecule has 0 saturated carbocycles. The van der Waals surface area contributed by atoms with Gasteiger partial charge in [-0.2, -0.15) is 0 Å². The van der Waals surface area contributed by atoms with E-state index in [0.717, 1.165) is 24.6 Å². The van der Waals surface area contributed by atoms with Gasteiger partial charge < -0.3 is 14.6 Å². The minimum Gasteiger partial charge on any atom is -0.383 e. The van der Waals surface area contributed by atoms with Gasteiger partial charge in [-0.15, -0.1) is 0 Å². The molecule has 0 spiro atoms. The van der Waals surface area contributed by atoms with Gasteiger partial charge in [0.05, 0.1) is 12.3 Å². The van der Waals surface area contributed by atoms with Crippen LogP contribution >= 0.6 is 0 Å². The molecule has 1 heterocycles. The molecule has 0 fully saturated rings. The molecule has 0 aromatic carbocycles. The summed E-state index contributed by atoms with van der Waals surface area (Å²) in [5.41, 5.74) is 1.06. The van der Waals surface area contributed by atoms with Crippen molar-refractivity contribution in [2.45, 2.75) is 40.2 Å². The Kier molecular flexibility index (Phi) is 5.48. The number of hydrogen-bond acceptors (Lipinski definition) is 3. The number of methoxy groups -OCH3 is 1. The average Bonchev–Trinajstić information content (AvgIpc) is 2.59. The van der Waals surface area contributed by atoms with Gasteiger partial charge in [-0.3, -0.25) is 0 Å². The number of aryl methyl sites for hydroxylation is 1. The second-order valence-corrected chi connectivity index (χ2v) is 5.01. The van der Waals surface area contributed by atoms with Crippen LogP contribution < -0.4 is 5.32 Å². The summed E-state index contributed by atoms with van der Waals surface area (Å²) >= 11 is 0. The topological polar surface area (TPSA) is 39.1 Å². The summed E-state index contributed by atoms with van der Waals surface area (Å²) in [5.74, 6) is 1.65. The third-order valence-electron chi connectivity index (χ3n) is 2.73. The van der Waals surface area contributed by atoms with Crippen LogP contribution in [0.1, 0.15) is 38.9 Å². The van der Waals surface area contributed by atoms with E-state index in [1.807, 2.05) is 6.92 Å². The zero-order valence-electron chi connectivity index (χ0n) is 11.7. The van der Waals surface area contributed by atoms with E-state index in [-0.39, 0.29) is 0 Å². The summed E-state index contributed by atoms with van der Waals surface area (Å²) in [4.78, 5) is 4.51. The molecule has 0 aliphatic heterocycles. The molecule has 4 heteroatoms. The Morgan fingerprint density at radius 2 is 2.12 bits per heavy atom. The third kappa shape index (κ3) is 4.38.